The van der Waals surface area contributed by atoms with Gasteiger partial charge in [-0.1, -0.05) is 29.8 Å². The molecule has 1 amide bonds. The third-order valence-electron chi connectivity index (χ3n) is 3.18. The van der Waals surface area contributed by atoms with E-state index < -0.39 is 0 Å². The van der Waals surface area contributed by atoms with Crippen LogP contribution in [0.3, 0.4) is 0 Å². The van der Waals surface area contributed by atoms with E-state index in [-0.39, 0.29) is 18.3 Å². The van der Waals surface area contributed by atoms with E-state index in [2.05, 4.69) is 5.32 Å². The Hall–Kier alpha value is -2.59. The maximum Gasteiger partial charge on any atom is 0.257 e. The number of ether oxygens (including phenoxy) is 1. The first-order valence-corrected chi connectivity index (χ1v) is 7.94. The first-order valence-electron chi connectivity index (χ1n) is 7.56. The minimum Gasteiger partial charge on any atom is -0.484 e. The molecule has 2 aromatic carbocycles. The number of nitrogens with one attached hydrogen (secondary N) is 1. The molecule has 0 heterocycles. The predicted octanol–water partition coefficient (Wildman–Crippen LogP) is 3.75. The summed E-state index contributed by atoms with van der Waals surface area (Å²) in [5, 5.41) is 3.25. The Morgan fingerprint density at radius 1 is 1.08 bits per heavy atom. The van der Waals surface area contributed by atoms with Gasteiger partial charge in [0.05, 0.1) is 0 Å². The van der Waals surface area contributed by atoms with E-state index in [0.717, 1.165) is 5.56 Å². The molecule has 2 aromatic rings. The summed E-state index contributed by atoms with van der Waals surface area (Å²) < 4.78 is 5.37. The molecule has 0 spiro atoms. The van der Waals surface area contributed by atoms with Gasteiger partial charge in [0.15, 0.2) is 12.4 Å². The van der Waals surface area contributed by atoms with Crippen molar-refractivity contribution >= 4 is 29.4 Å². The molecule has 0 bridgehead atoms. The molecule has 2 rings (SSSR count). The Kier molecular flexibility index (Phi) is 6.58. The predicted molar refractivity (Wildman–Crippen MR) is 95.4 cm³/mol. The van der Waals surface area contributed by atoms with Gasteiger partial charge in [-0.15, -0.1) is 0 Å². The molecule has 24 heavy (non-hydrogen) atoms. The van der Waals surface area contributed by atoms with Crippen molar-refractivity contribution in [1.82, 2.24) is 5.32 Å². The number of hydrogen-bond acceptors (Lipinski definition) is 3. The second-order valence-corrected chi connectivity index (χ2v) is 5.45. The van der Waals surface area contributed by atoms with Gasteiger partial charge in [-0.05, 0) is 55.0 Å². The molecule has 1 N–H and O–H groups in total. The number of benzene rings is 2. The van der Waals surface area contributed by atoms with Gasteiger partial charge in [0, 0.05) is 17.1 Å². The molecule has 0 radical (unpaired) electrons. The Labute approximate surface area is 146 Å². The summed E-state index contributed by atoms with van der Waals surface area (Å²) in [4.78, 5) is 23.4. The van der Waals surface area contributed by atoms with Crippen LogP contribution >= 0.6 is 11.6 Å². The maximum atomic E-state index is 12.0. The lowest BCUT2D eigenvalue weighted by Crippen LogP contribution is -2.28. The number of carbonyl (C=O) groups excluding carboxylic acids is 2. The highest BCUT2D eigenvalue weighted by molar-refractivity contribution is 6.30. The topological polar surface area (TPSA) is 55.4 Å². The highest BCUT2D eigenvalue weighted by atomic mass is 35.5. The highest BCUT2D eigenvalue weighted by Crippen LogP contribution is 2.14. The second kappa shape index (κ2) is 8.89. The summed E-state index contributed by atoms with van der Waals surface area (Å²) in [7, 11) is 0. The van der Waals surface area contributed by atoms with Gasteiger partial charge in [-0.25, -0.2) is 0 Å². The molecular weight excluding hydrogens is 326 g/mol. The van der Waals surface area contributed by atoms with Crippen LogP contribution in [0.2, 0.25) is 5.02 Å². The van der Waals surface area contributed by atoms with Crippen LogP contribution < -0.4 is 10.1 Å². The third-order valence-corrected chi connectivity index (χ3v) is 3.43. The van der Waals surface area contributed by atoms with Gasteiger partial charge < -0.3 is 10.1 Å². The number of halogens is 1. The van der Waals surface area contributed by atoms with Crippen LogP contribution in [0.15, 0.2) is 54.6 Å². The first-order chi connectivity index (χ1) is 11.6. The molecule has 0 aromatic heterocycles. The molecule has 0 aliphatic heterocycles. The minimum atomic E-state index is -0.157. The molecular formula is C19H18ClNO3. The quantitative estimate of drug-likeness (QED) is 0.615. The molecule has 4 nitrogen and oxygen atoms in total. The number of carbonyl (C=O) groups is 2. The molecule has 5 heteroatoms. The zero-order chi connectivity index (χ0) is 17.4. The summed E-state index contributed by atoms with van der Waals surface area (Å²) in [6.07, 6.45) is 3.23. The second-order valence-electron chi connectivity index (χ2n) is 5.02. The Morgan fingerprint density at radius 3 is 2.38 bits per heavy atom. The van der Waals surface area contributed by atoms with E-state index in [0.29, 0.717) is 22.9 Å². The minimum absolute atomic E-state index is 0.0158. The fourth-order valence-electron chi connectivity index (χ4n) is 1.95. The van der Waals surface area contributed by atoms with Gasteiger partial charge in [-0.3, -0.25) is 9.59 Å². The van der Waals surface area contributed by atoms with Crippen LogP contribution in [0.5, 0.6) is 5.75 Å². The van der Waals surface area contributed by atoms with Gasteiger partial charge in [0.2, 0.25) is 0 Å². The Morgan fingerprint density at radius 2 is 1.75 bits per heavy atom. The molecule has 0 aliphatic carbocycles. The van der Waals surface area contributed by atoms with E-state index in [4.69, 9.17) is 16.3 Å². The zero-order valence-electron chi connectivity index (χ0n) is 13.3. The SMILES string of the molecule is CCNC(=O)COc1ccc(C=CC(=O)c2ccc(Cl)cc2)cc1. The Bertz CT molecular complexity index is 721. The van der Waals surface area contributed by atoms with E-state index in [1.807, 2.05) is 19.1 Å². The van der Waals surface area contributed by atoms with Crippen molar-refractivity contribution in [3.8, 4) is 5.75 Å². The van der Waals surface area contributed by atoms with Crippen molar-refractivity contribution in [3.63, 3.8) is 0 Å². The fraction of sp³-hybridized carbons (Fsp3) is 0.158. The summed E-state index contributed by atoms with van der Waals surface area (Å²) in [6, 6.07) is 13.9. The van der Waals surface area contributed by atoms with Crippen molar-refractivity contribution < 1.29 is 14.3 Å². The lowest BCUT2D eigenvalue weighted by molar-refractivity contribution is -0.122. The third kappa shape index (κ3) is 5.56. The monoisotopic (exact) mass is 343 g/mol. The molecule has 0 unspecified atom stereocenters. The van der Waals surface area contributed by atoms with Crippen molar-refractivity contribution in [3.05, 3.63) is 70.8 Å². The van der Waals surface area contributed by atoms with Crippen LogP contribution in [0, 0.1) is 0 Å². The normalized spacial score (nSPS) is 10.6. The zero-order valence-corrected chi connectivity index (χ0v) is 14.0. The summed E-state index contributed by atoms with van der Waals surface area (Å²) in [5.41, 5.74) is 1.44. The van der Waals surface area contributed by atoms with E-state index in [1.54, 1.807) is 42.5 Å². The fourth-order valence-corrected chi connectivity index (χ4v) is 2.08. The largest absolute Gasteiger partial charge is 0.484 e. The lowest BCUT2D eigenvalue weighted by Gasteiger charge is -2.06. The van der Waals surface area contributed by atoms with Crippen LogP contribution in [0.25, 0.3) is 6.08 Å². The number of ketones is 1. The van der Waals surface area contributed by atoms with Crippen molar-refractivity contribution in [2.45, 2.75) is 6.92 Å². The van der Waals surface area contributed by atoms with Crippen LogP contribution in [0.1, 0.15) is 22.8 Å². The van der Waals surface area contributed by atoms with Gasteiger partial charge in [0.25, 0.3) is 5.91 Å². The molecule has 0 aliphatic rings. The average molecular weight is 344 g/mol. The summed E-state index contributed by atoms with van der Waals surface area (Å²) in [5.74, 6) is 0.348. The highest BCUT2D eigenvalue weighted by Gasteiger charge is 2.02. The van der Waals surface area contributed by atoms with Crippen molar-refractivity contribution in [1.29, 1.82) is 0 Å². The number of rotatable bonds is 7. The van der Waals surface area contributed by atoms with E-state index >= 15 is 0 Å². The standard InChI is InChI=1S/C19H18ClNO3/c1-2-21-19(23)13-24-17-10-3-14(4-11-17)5-12-18(22)15-6-8-16(20)9-7-15/h3-12H,2,13H2,1H3,(H,21,23). The first kappa shape index (κ1) is 17.8. The van der Waals surface area contributed by atoms with E-state index in [1.165, 1.54) is 6.08 Å². The lowest BCUT2D eigenvalue weighted by atomic mass is 10.1. The van der Waals surface area contributed by atoms with Crippen LogP contribution in [0.4, 0.5) is 0 Å². The number of allylic oxidation sites excluding steroid dienone is 1. The van der Waals surface area contributed by atoms with Crippen LogP contribution in [-0.2, 0) is 4.79 Å². The van der Waals surface area contributed by atoms with Crippen LogP contribution in [-0.4, -0.2) is 24.8 Å². The summed E-state index contributed by atoms with van der Waals surface area (Å²) >= 11 is 5.80. The van der Waals surface area contributed by atoms with Crippen molar-refractivity contribution in [2.75, 3.05) is 13.2 Å². The van der Waals surface area contributed by atoms with Crippen molar-refractivity contribution in [2.24, 2.45) is 0 Å². The van der Waals surface area contributed by atoms with Gasteiger partial charge in [0.1, 0.15) is 5.75 Å². The molecule has 124 valence electrons. The van der Waals surface area contributed by atoms with Gasteiger partial charge >= 0.3 is 0 Å². The molecule has 0 atom stereocenters. The molecule has 0 saturated heterocycles. The maximum absolute atomic E-state index is 12.0. The Balaban J connectivity index is 1.92. The van der Waals surface area contributed by atoms with E-state index in [9.17, 15) is 9.59 Å². The van der Waals surface area contributed by atoms with Gasteiger partial charge in [-0.2, -0.15) is 0 Å². The summed E-state index contributed by atoms with van der Waals surface area (Å²) in [6.45, 7) is 2.41. The number of likely N-dealkylation sites (N-methyl/N-ethyl adjacent to an activating group) is 1. The molecule has 0 fully saturated rings. The molecule has 0 saturated carbocycles. The number of hydrogen-bond donors (Lipinski definition) is 1. The average Bonchev–Trinajstić information content (AvgIpc) is 2.59. The number of amides is 1. The smallest absolute Gasteiger partial charge is 0.257 e.